The monoisotopic (exact) mass is 235 g/mol. The third kappa shape index (κ3) is 4.34. The Hall–Kier alpha value is -1.71. The number of nitrogens with zero attached hydrogens (tertiary/aromatic N) is 1. The summed E-state index contributed by atoms with van der Waals surface area (Å²) < 4.78 is 0. The van der Waals surface area contributed by atoms with Crippen LogP contribution < -0.4 is 11.1 Å². The van der Waals surface area contributed by atoms with Gasteiger partial charge in [0.25, 0.3) is 0 Å². The van der Waals surface area contributed by atoms with E-state index in [0.717, 1.165) is 18.7 Å². The van der Waals surface area contributed by atoms with Gasteiger partial charge in [0.15, 0.2) is 0 Å². The quantitative estimate of drug-likeness (QED) is 0.788. The topological polar surface area (TPSA) is 58.4 Å². The number of anilines is 2. The molecule has 0 aliphatic carbocycles. The van der Waals surface area contributed by atoms with Gasteiger partial charge in [-0.3, -0.25) is 0 Å². The summed E-state index contributed by atoms with van der Waals surface area (Å²) in [5.41, 5.74) is 7.03. The van der Waals surface area contributed by atoms with E-state index < -0.39 is 0 Å². The first kappa shape index (κ1) is 13.4. The number of nitrogens with one attached hydrogen (secondary N) is 1. The summed E-state index contributed by atoms with van der Waals surface area (Å²) in [5, 5.41) is 2.83. The van der Waals surface area contributed by atoms with Crippen LogP contribution in [0.4, 0.5) is 16.2 Å². The average molecular weight is 235 g/mol. The molecular weight excluding hydrogens is 214 g/mol. The molecule has 94 valence electrons. The van der Waals surface area contributed by atoms with Crippen molar-refractivity contribution in [2.24, 2.45) is 5.92 Å². The van der Waals surface area contributed by atoms with E-state index in [1.54, 1.807) is 36.2 Å². The van der Waals surface area contributed by atoms with Gasteiger partial charge in [0.05, 0.1) is 0 Å². The highest BCUT2D eigenvalue weighted by Crippen LogP contribution is 2.11. The zero-order chi connectivity index (χ0) is 12.8. The van der Waals surface area contributed by atoms with Crippen molar-refractivity contribution in [3.8, 4) is 0 Å². The maximum atomic E-state index is 11.8. The van der Waals surface area contributed by atoms with Crippen molar-refractivity contribution in [3.05, 3.63) is 24.3 Å². The molecule has 2 amide bonds. The molecule has 3 N–H and O–H groups in total. The molecule has 0 saturated heterocycles. The van der Waals surface area contributed by atoms with Crippen molar-refractivity contribution >= 4 is 17.4 Å². The lowest BCUT2D eigenvalue weighted by atomic mass is 10.1. The summed E-state index contributed by atoms with van der Waals surface area (Å²) in [6.45, 7) is 5.01. The number of nitrogen functional groups attached to an aromatic ring is 1. The highest BCUT2D eigenvalue weighted by Gasteiger charge is 2.11. The summed E-state index contributed by atoms with van der Waals surface area (Å²) >= 11 is 0. The molecule has 0 fully saturated rings. The normalized spacial score (nSPS) is 11.9. The van der Waals surface area contributed by atoms with Gasteiger partial charge < -0.3 is 16.0 Å². The maximum Gasteiger partial charge on any atom is 0.321 e. The fourth-order valence-corrected chi connectivity index (χ4v) is 1.46. The number of nitrogens with two attached hydrogens (primary N) is 1. The number of hydrogen-bond acceptors (Lipinski definition) is 2. The fourth-order valence-electron chi connectivity index (χ4n) is 1.46. The molecule has 1 aromatic rings. The van der Waals surface area contributed by atoms with E-state index >= 15 is 0 Å². The lowest BCUT2D eigenvalue weighted by Gasteiger charge is -2.21. The van der Waals surface area contributed by atoms with Gasteiger partial charge in [0, 0.05) is 25.0 Å². The van der Waals surface area contributed by atoms with E-state index in [-0.39, 0.29) is 6.03 Å². The van der Waals surface area contributed by atoms with Crippen LogP contribution in [0.3, 0.4) is 0 Å². The van der Waals surface area contributed by atoms with Gasteiger partial charge in [-0.2, -0.15) is 0 Å². The number of benzene rings is 1. The minimum absolute atomic E-state index is 0.0879. The van der Waals surface area contributed by atoms with Gasteiger partial charge in [-0.1, -0.05) is 20.3 Å². The molecule has 0 aromatic heterocycles. The van der Waals surface area contributed by atoms with Crippen molar-refractivity contribution in [2.45, 2.75) is 20.3 Å². The Morgan fingerprint density at radius 2 is 2.00 bits per heavy atom. The predicted octanol–water partition coefficient (Wildman–Crippen LogP) is 2.78. The molecule has 0 aliphatic heterocycles. The molecule has 0 spiro atoms. The Morgan fingerprint density at radius 3 is 2.53 bits per heavy atom. The van der Waals surface area contributed by atoms with Gasteiger partial charge in [-0.05, 0) is 30.2 Å². The first-order chi connectivity index (χ1) is 8.02. The summed E-state index contributed by atoms with van der Waals surface area (Å²) in [6, 6.07) is 7.04. The molecule has 0 saturated carbocycles. The van der Waals surface area contributed by atoms with E-state index in [2.05, 4.69) is 19.2 Å². The van der Waals surface area contributed by atoms with Gasteiger partial charge in [-0.15, -0.1) is 0 Å². The third-order valence-electron chi connectivity index (χ3n) is 2.79. The Balaban J connectivity index is 2.51. The molecule has 4 nitrogen and oxygen atoms in total. The Bertz CT molecular complexity index is 361. The van der Waals surface area contributed by atoms with Crippen molar-refractivity contribution in [3.63, 3.8) is 0 Å². The predicted molar refractivity (Wildman–Crippen MR) is 72.0 cm³/mol. The molecule has 0 heterocycles. The molecule has 1 aromatic carbocycles. The molecular formula is C13H21N3O. The molecule has 0 bridgehead atoms. The first-order valence-electron chi connectivity index (χ1n) is 5.90. The zero-order valence-electron chi connectivity index (χ0n) is 10.7. The number of rotatable bonds is 4. The number of hydrogen-bond donors (Lipinski definition) is 2. The third-order valence-corrected chi connectivity index (χ3v) is 2.79. The molecule has 1 atom stereocenters. The average Bonchev–Trinajstić information content (AvgIpc) is 2.31. The minimum Gasteiger partial charge on any atom is -0.399 e. The molecule has 1 rings (SSSR count). The number of carbonyl (C=O) groups excluding carboxylic acids is 1. The summed E-state index contributed by atoms with van der Waals surface area (Å²) in [4.78, 5) is 13.5. The molecule has 0 aliphatic rings. The van der Waals surface area contributed by atoms with E-state index in [9.17, 15) is 4.79 Å². The summed E-state index contributed by atoms with van der Waals surface area (Å²) in [7, 11) is 1.80. The Morgan fingerprint density at radius 1 is 1.41 bits per heavy atom. The summed E-state index contributed by atoms with van der Waals surface area (Å²) in [5.74, 6) is 0.511. The lowest BCUT2D eigenvalue weighted by Crippen LogP contribution is -2.34. The van der Waals surface area contributed by atoms with Crippen LogP contribution in [-0.2, 0) is 0 Å². The number of carbonyl (C=O) groups is 1. The molecule has 4 heteroatoms. The molecule has 17 heavy (non-hydrogen) atoms. The largest absolute Gasteiger partial charge is 0.399 e. The van der Waals surface area contributed by atoms with Gasteiger partial charge in [-0.25, -0.2) is 4.79 Å². The van der Waals surface area contributed by atoms with Crippen LogP contribution in [0.2, 0.25) is 0 Å². The van der Waals surface area contributed by atoms with Crippen molar-refractivity contribution in [1.82, 2.24) is 4.90 Å². The van der Waals surface area contributed by atoms with E-state index in [0.29, 0.717) is 11.6 Å². The van der Waals surface area contributed by atoms with Crippen LogP contribution in [0.15, 0.2) is 24.3 Å². The minimum atomic E-state index is -0.0879. The zero-order valence-corrected chi connectivity index (χ0v) is 10.7. The van der Waals surface area contributed by atoms with Gasteiger partial charge in [0.1, 0.15) is 0 Å². The van der Waals surface area contributed by atoms with Crippen LogP contribution in [-0.4, -0.2) is 24.5 Å². The van der Waals surface area contributed by atoms with Gasteiger partial charge in [0.2, 0.25) is 0 Å². The van der Waals surface area contributed by atoms with E-state index in [4.69, 9.17) is 5.73 Å². The van der Waals surface area contributed by atoms with Crippen molar-refractivity contribution in [1.29, 1.82) is 0 Å². The number of amides is 2. The second-order valence-electron chi connectivity index (χ2n) is 4.45. The fraction of sp³-hybridized carbons (Fsp3) is 0.462. The molecule has 1 unspecified atom stereocenters. The van der Waals surface area contributed by atoms with Crippen LogP contribution in [0, 0.1) is 5.92 Å². The Labute approximate surface area is 103 Å². The second kappa shape index (κ2) is 6.13. The first-order valence-corrected chi connectivity index (χ1v) is 5.90. The summed E-state index contributed by atoms with van der Waals surface area (Å²) in [6.07, 6.45) is 1.07. The van der Waals surface area contributed by atoms with E-state index in [1.165, 1.54) is 0 Å². The van der Waals surface area contributed by atoms with Crippen LogP contribution in [0.1, 0.15) is 20.3 Å². The van der Waals surface area contributed by atoms with Crippen LogP contribution in [0.25, 0.3) is 0 Å². The van der Waals surface area contributed by atoms with Crippen molar-refractivity contribution < 1.29 is 4.79 Å². The highest BCUT2D eigenvalue weighted by molar-refractivity contribution is 5.89. The second-order valence-corrected chi connectivity index (χ2v) is 4.45. The smallest absolute Gasteiger partial charge is 0.321 e. The Kier molecular flexibility index (Phi) is 4.82. The maximum absolute atomic E-state index is 11.8. The lowest BCUT2D eigenvalue weighted by molar-refractivity contribution is 0.215. The van der Waals surface area contributed by atoms with Crippen molar-refractivity contribution in [2.75, 3.05) is 24.6 Å². The van der Waals surface area contributed by atoms with E-state index in [1.807, 2.05) is 0 Å². The standard InChI is InChI=1S/C13H21N3O/c1-4-10(2)9-16(3)13(17)15-12-7-5-11(14)6-8-12/h5-8,10H,4,9,14H2,1-3H3,(H,15,17). The van der Waals surface area contributed by atoms with Crippen LogP contribution >= 0.6 is 0 Å². The van der Waals surface area contributed by atoms with Crippen LogP contribution in [0.5, 0.6) is 0 Å². The highest BCUT2D eigenvalue weighted by atomic mass is 16.2. The SMILES string of the molecule is CCC(C)CN(C)C(=O)Nc1ccc(N)cc1. The number of urea groups is 1. The van der Waals surface area contributed by atoms with Gasteiger partial charge >= 0.3 is 6.03 Å². The molecule has 0 radical (unpaired) electrons.